The van der Waals surface area contributed by atoms with Crippen molar-refractivity contribution < 1.29 is 0 Å². The number of para-hydroxylation sites is 2. The average molecular weight is 344 g/mol. The van der Waals surface area contributed by atoms with E-state index in [0.29, 0.717) is 5.56 Å². The number of nitriles is 1. The molecule has 2 nitrogen and oxygen atoms in total. The van der Waals surface area contributed by atoms with Crippen LogP contribution in [-0.4, -0.2) is 4.98 Å². The van der Waals surface area contributed by atoms with Crippen molar-refractivity contribution in [3.8, 4) is 28.3 Å². The van der Waals surface area contributed by atoms with Crippen LogP contribution in [0.2, 0.25) is 0 Å². The first-order valence-corrected chi connectivity index (χ1v) is 8.95. The summed E-state index contributed by atoms with van der Waals surface area (Å²) in [5, 5.41) is 12.4. The van der Waals surface area contributed by atoms with Crippen LogP contribution in [0.1, 0.15) is 5.56 Å². The van der Waals surface area contributed by atoms with E-state index in [2.05, 4.69) is 47.5 Å². The zero-order valence-electron chi connectivity index (χ0n) is 14.6. The van der Waals surface area contributed by atoms with E-state index >= 15 is 0 Å². The van der Waals surface area contributed by atoms with Gasteiger partial charge in [0.1, 0.15) is 6.07 Å². The van der Waals surface area contributed by atoms with E-state index < -0.39 is 0 Å². The van der Waals surface area contributed by atoms with Gasteiger partial charge in [-0.25, -0.2) is 0 Å². The highest BCUT2D eigenvalue weighted by Gasteiger charge is 2.15. The van der Waals surface area contributed by atoms with Crippen LogP contribution in [0.4, 0.5) is 0 Å². The zero-order chi connectivity index (χ0) is 18.2. The molecule has 0 amide bonds. The van der Waals surface area contributed by atoms with Crippen LogP contribution < -0.4 is 0 Å². The topological polar surface area (TPSA) is 39.6 Å². The van der Waals surface area contributed by atoms with Crippen LogP contribution in [0, 0.1) is 11.3 Å². The Kier molecular flexibility index (Phi) is 3.52. The normalized spacial score (nSPS) is 10.9. The molecule has 1 heterocycles. The van der Waals surface area contributed by atoms with Gasteiger partial charge in [-0.2, -0.15) is 5.26 Å². The Balaban J connectivity index is 1.82. The Bertz CT molecular complexity index is 1320. The van der Waals surface area contributed by atoms with E-state index in [1.54, 1.807) is 0 Å². The van der Waals surface area contributed by atoms with Crippen molar-refractivity contribution >= 4 is 21.8 Å². The van der Waals surface area contributed by atoms with E-state index in [9.17, 15) is 5.26 Å². The summed E-state index contributed by atoms with van der Waals surface area (Å²) in [5.74, 6) is 0. The lowest BCUT2D eigenvalue weighted by Gasteiger charge is -2.11. The fourth-order valence-electron chi connectivity index (χ4n) is 3.85. The molecule has 0 radical (unpaired) electrons. The molecule has 1 N–H and O–H groups in total. The van der Waals surface area contributed by atoms with Gasteiger partial charge in [0.2, 0.25) is 0 Å². The summed E-state index contributed by atoms with van der Waals surface area (Å²) < 4.78 is 0. The molecule has 126 valence electrons. The second-order valence-corrected chi connectivity index (χ2v) is 6.60. The number of hydrogen-bond donors (Lipinski definition) is 1. The number of rotatable bonds is 2. The molecule has 27 heavy (non-hydrogen) atoms. The zero-order valence-corrected chi connectivity index (χ0v) is 14.6. The highest BCUT2D eigenvalue weighted by Crippen LogP contribution is 2.37. The second kappa shape index (κ2) is 6.16. The summed E-state index contributed by atoms with van der Waals surface area (Å²) >= 11 is 0. The number of aromatic nitrogens is 1. The number of nitrogens with zero attached hydrogens (tertiary/aromatic N) is 1. The molecule has 5 rings (SSSR count). The summed E-state index contributed by atoms with van der Waals surface area (Å²) in [4.78, 5) is 3.55. The standard InChI is InChI=1S/C25H16N2/c26-16-23-18(17-8-2-1-3-9-17)11-6-12-19(23)21-13-7-14-22-20-10-4-5-15-24(20)27-25(21)22/h1-15,27H. The molecule has 0 unspecified atom stereocenters. The maximum absolute atomic E-state index is 9.97. The van der Waals surface area contributed by atoms with Crippen molar-refractivity contribution in [3.63, 3.8) is 0 Å². The van der Waals surface area contributed by atoms with Crippen molar-refractivity contribution in [2.75, 3.05) is 0 Å². The summed E-state index contributed by atoms with van der Waals surface area (Å²) in [5.41, 5.74) is 6.91. The SMILES string of the molecule is N#Cc1c(-c2ccccc2)cccc1-c1cccc2c1[nH]c1ccccc12. The third-order valence-electron chi connectivity index (χ3n) is 5.09. The monoisotopic (exact) mass is 344 g/mol. The maximum atomic E-state index is 9.97. The van der Waals surface area contributed by atoms with Crippen molar-refractivity contribution in [1.29, 1.82) is 5.26 Å². The quantitative estimate of drug-likeness (QED) is 0.389. The number of H-pyrrole nitrogens is 1. The number of aromatic amines is 1. The summed E-state index contributed by atoms with van der Waals surface area (Å²) in [6.07, 6.45) is 0. The number of benzene rings is 4. The molecule has 0 saturated carbocycles. The Labute approximate surface area is 157 Å². The first kappa shape index (κ1) is 15.4. The van der Waals surface area contributed by atoms with Gasteiger partial charge in [0.25, 0.3) is 0 Å². The Morgan fingerprint density at radius 3 is 2.11 bits per heavy atom. The highest BCUT2D eigenvalue weighted by atomic mass is 14.7. The van der Waals surface area contributed by atoms with E-state index in [-0.39, 0.29) is 0 Å². The van der Waals surface area contributed by atoms with Gasteiger partial charge in [-0.05, 0) is 11.6 Å². The lowest BCUT2D eigenvalue weighted by Crippen LogP contribution is -1.90. The molecule has 5 aromatic rings. The molecular weight excluding hydrogens is 328 g/mol. The molecule has 0 aliphatic heterocycles. The molecule has 0 saturated heterocycles. The fraction of sp³-hybridized carbons (Fsp3) is 0. The summed E-state index contributed by atoms with van der Waals surface area (Å²) in [6, 6.07) is 33.2. The maximum Gasteiger partial charge on any atom is 0.100 e. The first-order chi connectivity index (χ1) is 13.4. The molecule has 0 bridgehead atoms. The minimum Gasteiger partial charge on any atom is -0.354 e. The number of nitrogens with one attached hydrogen (secondary N) is 1. The number of hydrogen-bond acceptors (Lipinski definition) is 1. The Hall–Kier alpha value is -3.83. The van der Waals surface area contributed by atoms with Gasteiger partial charge in [-0.1, -0.05) is 84.9 Å². The van der Waals surface area contributed by atoms with Crippen LogP contribution in [0.3, 0.4) is 0 Å². The smallest absolute Gasteiger partial charge is 0.100 e. The van der Waals surface area contributed by atoms with Crippen LogP contribution in [-0.2, 0) is 0 Å². The van der Waals surface area contributed by atoms with Crippen LogP contribution in [0.15, 0.2) is 91.0 Å². The molecule has 0 spiro atoms. The minimum absolute atomic E-state index is 0.704. The molecular formula is C25H16N2. The largest absolute Gasteiger partial charge is 0.354 e. The van der Waals surface area contributed by atoms with Gasteiger partial charge in [0.05, 0.1) is 11.1 Å². The Morgan fingerprint density at radius 2 is 1.26 bits per heavy atom. The van der Waals surface area contributed by atoms with Gasteiger partial charge in [-0.15, -0.1) is 0 Å². The van der Waals surface area contributed by atoms with Crippen molar-refractivity contribution in [3.05, 3.63) is 96.6 Å². The average Bonchev–Trinajstić information content (AvgIpc) is 3.12. The van der Waals surface area contributed by atoms with Crippen LogP contribution in [0.25, 0.3) is 44.1 Å². The van der Waals surface area contributed by atoms with Gasteiger partial charge in [-0.3, -0.25) is 0 Å². The molecule has 2 heteroatoms. The van der Waals surface area contributed by atoms with Gasteiger partial charge in [0.15, 0.2) is 0 Å². The molecule has 0 aliphatic rings. The van der Waals surface area contributed by atoms with Crippen molar-refractivity contribution in [2.45, 2.75) is 0 Å². The summed E-state index contributed by atoms with van der Waals surface area (Å²) in [6.45, 7) is 0. The van der Waals surface area contributed by atoms with E-state index in [0.717, 1.165) is 33.3 Å². The van der Waals surface area contributed by atoms with Gasteiger partial charge >= 0.3 is 0 Å². The van der Waals surface area contributed by atoms with Crippen LogP contribution in [0.5, 0.6) is 0 Å². The molecule has 1 aromatic heterocycles. The predicted octanol–water partition coefficient (Wildman–Crippen LogP) is 6.53. The predicted molar refractivity (Wildman–Crippen MR) is 111 cm³/mol. The number of fused-ring (bicyclic) bond motifs is 3. The fourth-order valence-corrected chi connectivity index (χ4v) is 3.85. The van der Waals surface area contributed by atoms with Crippen LogP contribution >= 0.6 is 0 Å². The molecule has 0 atom stereocenters. The second-order valence-electron chi connectivity index (χ2n) is 6.60. The highest BCUT2D eigenvalue weighted by molar-refractivity contribution is 6.12. The third kappa shape index (κ3) is 2.41. The van der Waals surface area contributed by atoms with E-state index in [1.807, 2.05) is 54.6 Å². The van der Waals surface area contributed by atoms with Gasteiger partial charge in [0, 0.05) is 33.0 Å². The third-order valence-corrected chi connectivity index (χ3v) is 5.09. The van der Waals surface area contributed by atoms with Gasteiger partial charge < -0.3 is 4.98 Å². The molecule has 0 fully saturated rings. The lowest BCUT2D eigenvalue weighted by molar-refractivity contribution is 1.47. The Morgan fingerprint density at radius 1 is 0.593 bits per heavy atom. The molecule has 0 aliphatic carbocycles. The lowest BCUT2D eigenvalue weighted by atomic mass is 9.91. The van der Waals surface area contributed by atoms with E-state index in [4.69, 9.17) is 0 Å². The molecule has 4 aromatic carbocycles. The van der Waals surface area contributed by atoms with Crippen molar-refractivity contribution in [2.24, 2.45) is 0 Å². The summed E-state index contributed by atoms with van der Waals surface area (Å²) in [7, 11) is 0. The van der Waals surface area contributed by atoms with Crippen molar-refractivity contribution in [1.82, 2.24) is 4.98 Å². The first-order valence-electron chi connectivity index (χ1n) is 8.95. The minimum atomic E-state index is 0.704. The van der Waals surface area contributed by atoms with E-state index in [1.165, 1.54) is 10.8 Å².